The standard InChI is InChI=1S/C21H23N3OS/c1-26-20-9-5-2-6-17(20)21(25)23-12-10-16(11-13-23)14-24-15-22-18-7-3-4-8-19(18)24/h2-9,15-16H,10-14H2,1H3. The van der Waals surface area contributed by atoms with Crippen LogP contribution < -0.4 is 0 Å². The van der Waals surface area contributed by atoms with Crippen molar-refractivity contribution < 1.29 is 4.79 Å². The molecule has 26 heavy (non-hydrogen) atoms. The van der Waals surface area contributed by atoms with Gasteiger partial charge in [-0.3, -0.25) is 4.79 Å². The summed E-state index contributed by atoms with van der Waals surface area (Å²) in [4.78, 5) is 20.4. The molecule has 1 amide bonds. The Morgan fingerprint density at radius 1 is 1.12 bits per heavy atom. The molecule has 0 spiro atoms. The van der Waals surface area contributed by atoms with Crippen LogP contribution in [0, 0.1) is 5.92 Å². The average Bonchev–Trinajstić information content (AvgIpc) is 3.11. The Hall–Kier alpha value is -2.27. The smallest absolute Gasteiger partial charge is 0.254 e. The van der Waals surface area contributed by atoms with E-state index in [1.165, 1.54) is 5.52 Å². The van der Waals surface area contributed by atoms with Gasteiger partial charge in [-0.15, -0.1) is 11.8 Å². The van der Waals surface area contributed by atoms with Gasteiger partial charge in [-0.2, -0.15) is 0 Å². The van der Waals surface area contributed by atoms with E-state index in [9.17, 15) is 4.79 Å². The normalized spacial score (nSPS) is 15.5. The van der Waals surface area contributed by atoms with Gasteiger partial charge in [0.1, 0.15) is 0 Å². The molecule has 5 heteroatoms. The van der Waals surface area contributed by atoms with Gasteiger partial charge in [-0.05, 0) is 49.3 Å². The lowest BCUT2D eigenvalue weighted by Crippen LogP contribution is -2.39. The molecule has 0 aliphatic carbocycles. The molecule has 2 aromatic carbocycles. The summed E-state index contributed by atoms with van der Waals surface area (Å²) in [5.41, 5.74) is 3.08. The predicted molar refractivity (Wildman–Crippen MR) is 107 cm³/mol. The van der Waals surface area contributed by atoms with E-state index in [1.54, 1.807) is 11.8 Å². The quantitative estimate of drug-likeness (QED) is 0.647. The monoisotopic (exact) mass is 365 g/mol. The molecule has 0 radical (unpaired) electrons. The van der Waals surface area contributed by atoms with Crippen molar-refractivity contribution in [1.82, 2.24) is 14.5 Å². The SMILES string of the molecule is CSc1ccccc1C(=O)N1CCC(Cn2cnc3ccccc32)CC1. The van der Waals surface area contributed by atoms with Crippen LogP contribution in [0.5, 0.6) is 0 Å². The molecular formula is C21H23N3OS. The van der Waals surface area contributed by atoms with Gasteiger partial charge in [0.15, 0.2) is 0 Å². The number of hydrogen-bond donors (Lipinski definition) is 0. The first kappa shape index (κ1) is 17.2. The minimum Gasteiger partial charge on any atom is -0.339 e. The molecule has 2 heterocycles. The number of carbonyl (C=O) groups excluding carboxylic acids is 1. The number of aromatic nitrogens is 2. The molecule has 1 fully saturated rings. The largest absolute Gasteiger partial charge is 0.339 e. The van der Waals surface area contributed by atoms with Crippen LogP contribution in [0.4, 0.5) is 0 Å². The van der Waals surface area contributed by atoms with E-state index in [0.717, 1.165) is 48.5 Å². The van der Waals surface area contributed by atoms with Gasteiger partial charge in [0.25, 0.3) is 5.91 Å². The molecule has 1 aliphatic rings. The molecule has 134 valence electrons. The number of amides is 1. The van der Waals surface area contributed by atoms with E-state index in [0.29, 0.717) is 5.92 Å². The summed E-state index contributed by atoms with van der Waals surface area (Å²) >= 11 is 1.63. The number of hydrogen-bond acceptors (Lipinski definition) is 3. The van der Waals surface area contributed by atoms with Crippen molar-refractivity contribution in [2.75, 3.05) is 19.3 Å². The molecular weight excluding hydrogens is 342 g/mol. The molecule has 1 aliphatic heterocycles. The zero-order chi connectivity index (χ0) is 17.9. The van der Waals surface area contributed by atoms with Crippen LogP contribution in [-0.4, -0.2) is 39.7 Å². The summed E-state index contributed by atoms with van der Waals surface area (Å²) in [6, 6.07) is 16.2. The molecule has 0 atom stereocenters. The number of likely N-dealkylation sites (tertiary alicyclic amines) is 1. The number of fused-ring (bicyclic) bond motifs is 1. The second-order valence-electron chi connectivity index (χ2n) is 6.82. The molecule has 4 rings (SSSR count). The van der Waals surface area contributed by atoms with E-state index >= 15 is 0 Å². The zero-order valence-electron chi connectivity index (χ0n) is 15.0. The summed E-state index contributed by atoms with van der Waals surface area (Å²) in [5, 5.41) is 0. The minimum atomic E-state index is 0.168. The van der Waals surface area contributed by atoms with Gasteiger partial charge in [-0.1, -0.05) is 24.3 Å². The fourth-order valence-corrected chi connectivity index (χ4v) is 4.33. The lowest BCUT2D eigenvalue weighted by Gasteiger charge is -2.32. The number of thioether (sulfide) groups is 1. The van der Waals surface area contributed by atoms with Crippen molar-refractivity contribution in [3.63, 3.8) is 0 Å². The van der Waals surface area contributed by atoms with Crippen LogP contribution in [0.1, 0.15) is 23.2 Å². The average molecular weight is 366 g/mol. The van der Waals surface area contributed by atoms with Crippen molar-refractivity contribution in [3.05, 3.63) is 60.4 Å². The Labute approximate surface area is 158 Å². The van der Waals surface area contributed by atoms with Gasteiger partial charge in [0.05, 0.1) is 22.9 Å². The fraction of sp³-hybridized carbons (Fsp3) is 0.333. The number of carbonyl (C=O) groups is 1. The maximum absolute atomic E-state index is 12.9. The predicted octanol–water partition coefficient (Wildman–Crippen LogP) is 4.31. The maximum atomic E-state index is 12.9. The highest BCUT2D eigenvalue weighted by Crippen LogP contribution is 2.26. The lowest BCUT2D eigenvalue weighted by atomic mass is 9.96. The van der Waals surface area contributed by atoms with Gasteiger partial charge in [-0.25, -0.2) is 4.98 Å². The molecule has 1 saturated heterocycles. The van der Waals surface area contributed by atoms with Crippen molar-refractivity contribution in [3.8, 4) is 0 Å². The lowest BCUT2D eigenvalue weighted by molar-refractivity contribution is 0.0680. The van der Waals surface area contributed by atoms with Gasteiger partial charge in [0.2, 0.25) is 0 Å². The number of nitrogens with zero attached hydrogens (tertiary/aromatic N) is 3. The number of para-hydroxylation sites is 2. The van der Waals surface area contributed by atoms with Crippen LogP contribution >= 0.6 is 11.8 Å². The Morgan fingerprint density at radius 2 is 1.85 bits per heavy atom. The Bertz CT molecular complexity index is 912. The summed E-state index contributed by atoms with van der Waals surface area (Å²) in [5.74, 6) is 0.758. The van der Waals surface area contributed by atoms with Crippen LogP contribution in [0.3, 0.4) is 0 Å². The number of rotatable bonds is 4. The Balaban J connectivity index is 1.40. The van der Waals surface area contributed by atoms with Crippen molar-refractivity contribution >= 4 is 28.7 Å². The summed E-state index contributed by atoms with van der Waals surface area (Å²) in [7, 11) is 0. The van der Waals surface area contributed by atoms with Gasteiger partial charge in [0, 0.05) is 24.5 Å². The first-order valence-electron chi connectivity index (χ1n) is 9.08. The topological polar surface area (TPSA) is 38.1 Å². The minimum absolute atomic E-state index is 0.168. The second-order valence-corrected chi connectivity index (χ2v) is 7.67. The molecule has 0 bridgehead atoms. The van der Waals surface area contributed by atoms with E-state index in [-0.39, 0.29) is 5.91 Å². The summed E-state index contributed by atoms with van der Waals surface area (Å²) in [6.07, 6.45) is 6.05. The zero-order valence-corrected chi connectivity index (χ0v) is 15.8. The van der Waals surface area contributed by atoms with Crippen LogP contribution in [0.25, 0.3) is 11.0 Å². The second kappa shape index (κ2) is 7.54. The highest BCUT2D eigenvalue weighted by molar-refractivity contribution is 7.98. The fourth-order valence-electron chi connectivity index (χ4n) is 3.74. The van der Waals surface area contributed by atoms with E-state index in [4.69, 9.17) is 0 Å². The third-order valence-corrected chi connectivity index (χ3v) is 6.02. The number of piperidine rings is 1. The van der Waals surface area contributed by atoms with E-state index < -0.39 is 0 Å². The van der Waals surface area contributed by atoms with Crippen LogP contribution in [-0.2, 0) is 6.54 Å². The highest BCUT2D eigenvalue weighted by atomic mass is 32.2. The number of imidazole rings is 1. The van der Waals surface area contributed by atoms with Crippen LogP contribution in [0.2, 0.25) is 0 Å². The Kier molecular flexibility index (Phi) is 4.98. The first-order chi connectivity index (χ1) is 12.8. The molecule has 4 nitrogen and oxygen atoms in total. The summed E-state index contributed by atoms with van der Waals surface area (Å²) in [6.45, 7) is 2.64. The molecule has 0 N–H and O–H groups in total. The highest BCUT2D eigenvalue weighted by Gasteiger charge is 2.25. The molecule has 0 unspecified atom stereocenters. The molecule has 0 saturated carbocycles. The third-order valence-electron chi connectivity index (χ3n) is 5.22. The Morgan fingerprint density at radius 3 is 2.65 bits per heavy atom. The van der Waals surface area contributed by atoms with Gasteiger partial charge >= 0.3 is 0 Å². The maximum Gasteiger partial charge on any atom is 0.254 e. The van der Waals surface area contributed by atoms with E-state index in [2.05, 4.69) is 27.8 Å². The van der Waals surface area contributed by atoms with Crippen LogP contribution in [0.15, 0.2) is 59.8 Å². The van der Waals surface area contributed by atoms with Gasteiger partial charge < -0.3 is 9.47 Å². The van der Waals surface area contributed by atoms with Crippen molar-refractivity contribution in [2.45, 2.75) is 24.3 Å². The number of benzene rings is 2. The molecule has 1 aromatic heterocycles. The first-order valence-corrected chi connectivity index (χ1v) is 10.3. The summed E-state index contributed by atoms with van der Waals surface area (Å²) < 4.78 is 2.25. The van der Waals surface area contributed by atoms with Crippen molar-refractivity contribution in [2.24, 2.45) is 5.92 Å². The van der Waals surface area contributed by atoms with Crippen molar-refractivity contribution in [1.29, 1.82) is 0 Å². The third kappa shape index (κ3) is 3.36. The molecule has 3 aromatic rings. The van der Waals surface area contributed by atoms with E-state index in [1.807, 2.05) is 47.8 Å².